The summed E-state index contributed by atoms with van der Waals surface area (Å²) in [7, 11) is 0. The van der Waals surface area contributed by atoms with Crippen molar-refractivity contribution in [3.8, 4) is 5.75 Å². The van der Waals surface area contributed by atoms with Crippen molar-refractivity contribution in [2.45, 2.75) is 19.6 Å². The molecule has 5 heteroatoms. The van der Waals surface area contributed by atoms with E-state index in [2.05, 4.69) is 0 Å². The molecule has 0 saturated carbocycles. The highest BCUT2D eigenvalue weighted by Crippen LogP contribution is 2.29. The molecule has 2 aromatic carbocycles. The van der Waals surface area contributed by atoms with Crippen LogP contribution in [0.15, 0.2) is 36.4 Å². The summed E-state index contributed by atoms with van der Waals surface area (Å²) < 4.78 is 32.4. The standard InChI is InChI=1S/C15H13ClF2O2/c1-9(19)11-7-10(16)5-6-15(11)20-8-12-13(17)3-2-4-14(12)18/h2-7,9,19H,8H2,1H3/t9-/m0/s1. The van der Waals surface area contributed by atoms with E-state index in [1.54, 1.807) is 25.1 Å². The average molecular weight is 299 g/mol. The maximum Gasteiger partial charge on any atom is 0.132 e. The molecule has 0 saturated heterocycles. The Morgan fingerprint density at radius 3 is 2.45 bits per heavy atom. The van der Waals surface area contributed by atoms with Crippen LogP contribution in [0.25, 0.3) is 0 Å². The largest absolute Gasteiger partial charge is 0.488 e. The van der Waals surface area contributed by atoms with E-state index in [0.29, 0.717) is 16.3 Å². The fourth-order valence-corrected chi connectivity index (χ4v) is 1.98. The molecule has 0 amide bonds. The summed E-state index contributed by atoms with van der Waals surface area (Å²) in [6.07, 6.45) is -0.797. The number of benzene rings is 2. The zero-order valence-electron chi connectivity index (χ0n) is 10.7. The minimum atomic E-state index is -0.797. The lowest BCUT2D eigenvalue weighted by Crippen LogP contribution is -2.04. The lowest BCUT2D eigenvalue weighted by molar-refractivity contribution is 0.189. The van der Waals surface area contributed by atoms with Gasteiger partial charge in [-0.25, -0.2) is 8.78 Å². The van der Waals surface area contributed by atoms with Crippen molar-refractivity contribution < 1.29 is 18.6 Å². The first-order valence-electron chi connectivity index (χ1n) is 6.02. The van der Waals surface area contributed by atoms with Gasteiger partial charge in [-0.15, -0.1) is 0 Å². The second-order valence-corrected chi connectivity index (χ2v) is 4.78. The van der Waals surface area contributed by atoms with Gasteiger partial charge in [0.05, 0.1) is 11.7 Å². The molecular formula is C15H13ClF2O2. The fourth-order valence-electron chi connectivity index (χ4n) is 1.80. The highest BCUT2D eigenvalue weighted by molar-refractivity contribution is 6.30. The smallest absolute Gasteiger partial charge is 0.132 e. The van der Waals surface area contributed by atoms with Crippen molar-refractivity contribution in [2.75, 3.05) is 0 Å². The number of halogens is 3. The molecular weight excluding hydrogens is 286 g/mol. The van der Waals surface area contributed by atoms with Gasteiger partial charge in [-0.2, -0.15) is 0 Å². The van der Waals surface area contributed by atoms with Crippen LogP contribution >= 0.6 is 11.6 Å². The van der Waals surface area contributed by atoms with Crippen molar-refractivity contribution >= 4 is 11.6 Å². The molecule has 0 aliphatic heterocycles. The van der Waals surface area contributed by atoms with Gasteiger partial charge >= 0.3 is 0 Å². The van der Waals surface area contributed by atoms with Gasteiger partial charge in [0.25, 0.3) is 0 Å². The highest BCUT2D eigenvalue weighted by atomic mass is 35.5. The Morgan fingerprint density at radius 1 is 1.20 bits per heavy atom. The third kappa shape index (κ3) is 3.26. The lowest BCUT2D eigenvalue weighted by atomic mass is 10.1. The van der Waals surface area contributed by atoms with Crippen molar-refractivity contribution in [1.82, 2.24) is 0 Å². The molecule has 0 unspecified atom stereocenters. The number of aliphatic hydroxyl groups is 1. The SMILES string of the molecule is C[C@H](O)c1cc(Cl)ccc1OCc1c(F)cccc1F. The van der Waals surface area contributed by atoms with E-state index in [1.165, 1.54) is 18.2 Å². The summed E-state index contributed by atoms with van der Waals surface area (Å²) >= 11 is 5.84. The molecule has 0 aliphatic carbocycles. The van der Waals surface area contributed by atoms with Crippen LogP contribution in [0.5, 0.6) is 5.75 Å². The maximum atomic E-state index is 13.5. The zero-order chi connectivity index (χ0) is 14.7. The predicted octanol–water partition coefficient (Wildman–Crippen LogP) is 4.25. The molecule has 1 atom stereocenters. The van der Waals surface area contributed by atoms with Crippen LogP contribution in [0.3, 0.4) is 0 Å². The van der Waals surface area contributed by atoms with Gasteiger partial charge in [-0.3, -0.25) is 0 Å². The van der Waals surface area contributed by atoms with Crippen LogP contribution in [0.2, 0.25) is 5.02 Å². The van der Waals surface area contributed by atoms with Gasteiger partial charge in [0.1, 0.15) is 24.0 Å². The zero-order valence-corrected chi connectivity index (χ0v) is 11.5. The molecule has 1 N–H and O–H groups in total. The molecule has 0 bridgehead atoms. The Morgan fingerprint density at radius 2 is 1.85 bits per heavy atom. The average Bonchev–Trinajstić information content (AvgIpc) is 2.39. The Hall–Kier alpha value is -1.65. The molecule has 0 radical (unpaired) electrons. The van der Waals surface area contributed by atoms with Gasteiger partial charge in [0.2, 0.25) is 0 Å². The Bertz CT molecular complexity index is 595. The molecule has 0 spiro atoms. The van der Waals surface area contributed by atoms with E-state index in [0.717, 1.165) is 0 Å². The number of rotatable bonds is 4. The van der Waals surface area contributed by atoms with E-state index in [9.17, 15) is 13.9 Å². The van der Waals surface area contributed by atoms with Crippen LogP contribution in [0.1, 0.15) is 24.2 Å². The Labute approximate surface area is 120 Å². The van der Waals surface area contributed by atoms with Crippen molar-refractivity contribution in [3.05, 3.63) is 64.2 Å². The van der Waals surface area contributed by atoms with Crippen LogP contribution in [-0.2, 0) is 6.61 Å². The second-order valence-electron chi connectivity index (χ2n) is 4.35. The van der Waals surface area contributed by atoms with Gasteiger partial charge in [0, 0.05) is 10.6 Å². The third-order valence-corrected chi connectivity index (χ3v) is 3.09. The summed E-state index contributed by atoms with van der Waals surface area (Å²) in [4.78, 5) is 0. The first-order valence-corrected chi connectivity index (χ1v) is 6.40. The number of hydrogen-bond acceptors (Lipinski definition) is 2. The monoisotopic (exact) mass is 298 g/mol. The second kappa shape index (κ2) is 6.20. The topological polar surface area (TPSA) is 29.5 Å². The molecule has 106 valence electrons. The third-order valence-electron chi connectivity index (χ3n) is 2.86. The first kappa shape index (κ1) is 14.8. The first-order chi connectivity index (χ1) is 9.49. The number of ether oxygens (including phenoxy) is 1. The quantitative estimate of drug-likeness (QED) is 0.914. The summed E-state index contributed by atoms with van der Waals surface area (Å²) in [6.45, 7) is 1.29. The van der Waals surface area contributed by atoms with Crippen LogP contribution in [0.4, 0.5) is 8.78 Å². The minimum absolute atomic E-state index is 0.154. The van der Waals surface area contributed by atoms with E-state index >= 15 is 0 Å². The fraction of sp³-hybridized carbons (Fsp3) is 0.200. The number of aliphatic hydroxyl groups excluding tert-OH is 1. The lowest BCUT2D eigenvalue weighted by Gasteiger charge is -2.14. The van der Waals surface area contributed by atoms with Crippen molar-refractivity contribution in [2.24, 2.45) is 0 Å². The normalized spacial score (nSPS) is 12.2. The minimum Gasteiger partial charge on any atom is -0.488 e. The van der Waals surface area contributed by atoms with E-state index < -0.39 is 17.7 Å². The van der Waals surface area contributed by atoms with Crippen LogP contribution < -0.4 is 4.74 Å². The van der Waals surface area contributed by atoms with E-state index in [-0.39, 0.29) is 12.2 Å². The number of hydrogen-bond donors (Lipinski definition) is 1. The van der Waals surface area contributed by atoms with E-state index in [1.807, 2.05) is 0 Å². The van der Waals surface area contributed by atoms with Gasteiger partial charge in [0.15, 0.2) is 0 Å². The summed E-state index contributed by atoms with van der Waals surface area (Å²) in [5.74, 6) is -0.998. The molecule has 0 aliphatic rings. The molecule has 0 heterocycles. The maximum absolute atomic E-state index is 13.5. The van der Waals surface area contributed by atoms with Gasteiger partial charge < -0.3 is 9.84 Å². The molecule has 2 nitrogen and oxygen atoms in total. The molecule has 20 heavy (non-hydrogen) atoms. The van der Waals surface area contributed by atoms with E-state index in [4.69, 9.17) is 16.3 Å². The van der Waals surface area contributed by atoms with Crippen LogP contribution in [-0.4, -0.2) is 5.11 Å². The van der Waals surface area contributed by atoms with Gasteiger partial charge in [-0.1, -0.05) is 17.7 Å². The van der Waals surface area contributed by atoms with Crippen LogP contribution in [0, 0.1) is 11.6 Å². The molecule has 2 rings (SSSR count). The highest BCUT2D eigenvalue weighted by Gasteiger charge is 2.13. The molecule has 0 fully saturated rings. The summed E-state index contributed by atoms with van der Waals surface area (Å²) in [6, 6.07) is 8.32. The van der Waals surface area contributed by atoms with Crippen molar-refractivity contribution in [3.63, 3.8) is 0 Å². The Kier molecular flexibility index (Phi) is 4.57. The predicted molar refractivity (Wildman–Crippen MR) is 72.8 cm³/mol. The van der Waals surface area contributed by atoms with Crippen molar-refractivity contribution in [1.29, 1.82) is 0 Å². The summed E-state index contributed by atoms with van der Waals surface area (Å²) in [5.41, 5.74) is 0.313. The van der Waals surface area contributed by atoms with Gasteiger partial charge in [-0.05, 0) is 37.3 Å². The Balaban J connectivity index is 2.23. The molecule has 0 aromatic heterocycles. The summed E-state index contributed by atoms with van der Waals surface area (Å²) in [5, 5.41) is 10.1. The molecule has 2 aromatic rings.